The van der Waals surface area contributed by atoms with Crippen LogP contribution < -0.4 is 10.9 Å². The summed E-state index contributed by atoms with van der Waals surface area (Å²) in [6.07, 6.45) is 1.98. The maximum atomic E-state index is 11.9. The SMILES string of the molecule is Cc1ccc2c(/C=C3\C(=O)NNC3(C)C)cccc2c1. The Morgan fingerprint density at radius 2 is 1.95 bits per heavy atom. The highest BCUT2D eigenvalue weighted by Gasteiger charge is 2.34. The zero-order valence-electron chi connectivity index (χ0n) is 11.9. The van der Waals surface area contributed by atoms with E-state index in [1.165, 1.54) is 16.3 Å². The smallest absolute Gasteiger partial charge is 0.263 e. The summed E-state index contributed by atoms with van der Waals surface area (Å²) in [6, 6.07) is 12.6. The number of rotatable bonds is 1. The Labute approximate surface area is 118 Å². The van der Waals surface area contributed by atoms with Crippen LogP contribution in [0.2, 0.25) is 0 Å². The molecule has 0 aromatic heterocycles. The molecule has 0 spiro atoms. The van der Waals surface area contributed by atoms with Crippen LogP contribution in [0.3, 0.4) is 0 Å². The molecule has 0 aliphatic carbocycles. The molecule has 1 saturated heterocycles. The Kier molecular flexibility index (Phi) is 2.87. The van der Waals surface area contributed by atoms with Crippen LogP contribution in [-0.2, 0) is 4.79 Å². The summed E-state index contributed by atoms with van der Waals surface area (Å²) in [5.74, 6) is -0.0564. The molecule has 2 aromatic rings. The van der Waals surface area contributed by atoms with E-state index in [9.17, 15) is 4.79 Å². The molecule has 2 aromatic carbocycles. The van der Waals surface area contributed by atoms with Crippen LogP contribution in [0.1, 0.15) is 25.0 Å². The van der Waals surface area contributed by atoms with E-state index in [0.29, 0.717) is 0 Å². The predicted octanol–water partition coefficient (Wildman–Crippen LogP) is 2.94. The van der Waals surface area contributed by atoms with Gasteiger partial charge in [-0.05, 0) is 43.2 Å². The zero-order chi connectivity index (χ0) is 14.3. The summed E-state index contributed by atoms with van der Waals surface area (Å²) in [5, 5.41) is 2.37. The first-order chi connectivity index (χ1) is 9.47. The monoisotopic (exact) mass is 266 g/mol. The van der Waals surface area contributed by atoms with Gasteiger partial charge in [0.15, 0.2) is 0 Å². The number of amides is 1. The molecule has 2 N–H and O–H groups in total. The second-order valence-corrected chi connectivity index (χ2v) is 5.83. The number of fused-ring (bicyclic) bond motifs is 1. The third kappa shape index (κ3) is 2.10. The summed E-state index contributed by atoms with van der Waals surface area (Å²) in [6.45, 7) is 6.07. The summed E-state index contributed by atoms with van der Waals surface area (Å²) in [5.41, 5.74) is 8.40. The van der Waals surface area contributed by atoms with E-state index in [-0.39, 0.29) is 11.4 Å². The van der Waals surface area contributed by atoms with Crippen LogP contribution in [0.25, 0.3) is 16.8 Å². The fraction of sp³-hybridized carbons (Fsp3) is 0.235. The van der Waals surface area contributed by atoms with Crippen molar-refractivity contribution >= 4 is 22.8 Å². The number of nitrogens with one attached hydrogen (secondary N) is 2. The Morgan fingerprint density at radius 1 is 1.15 bits per heavy atom. The number of hydrogen-bond donors (Lipinski definition) is 2. The molecule has 1 aliphatic heterocycles. The number of aryl methyl sites for hydroxylation is 1. The molecule has 3 heteroatoms. The number of benzene rings is 2. The highest BCUT2D eigenvalue weighted by molar-refractivity contribution is 6.04. The maximum Gasteiger partial charge on any atom is 0.263 e. The fourth-order valence-electron chi connectivity index (χ4n) is 2.59. The molecular weight excluding hydrogens is 248 g/mol. The van der Waals surface area contributed by atoms with Gasteiger partial charge in [-0.15, -0.1) is 0 Å². The molecule has 3 rings (SSSR count). The molecule has 1 fully saturated rings. The van der Waals surface area contributed by atoms with Crippen LogP contribution >= 0.6 is 0 Å². The van der Waals surface area contributed by atoms with Gasteiger partial charge in [0, 0.05) is 5.57 Å². The molecule has 0 unspecified atom stereocenters. The topological polar surface area (TPSA) is 41.1 Å². The van der Waals surface area contributed by atoms with E-state index in [1.807, 2.05) is 32.1 Å². The molecule has 3 nitrogen and oxygen atoms in total. The number of hydrazine groups is 1. The van der Waals surface area contributed by atoms with Crippen molar-refractivity contribution in [3.05, 3.63) is 53.1 Å². The van der Waals surface area contributed by atoms with Crippen molar-refractivity contribution in [1.29, 1.82) is 0 Å². The van der Waals surface area contributed by atoms with Crippen molar-refractivity contribution < 1.29 is 4.79 Å². The molecule has 1 amide bonds. The van der Waals surface area contributed by atoms with E-state index in [2.05, 4.69) is 42.0 Å². The van der Waals surface area contributed by atoms with E-state index in [0.717, 1.165) is 11.1 Å². The van der Waals surface area contributed by atoms with Gasteiger partial charge in [0.25, 0.3) is 5.91 Å². The van der Waals surface area contributed by atoms with E-state index >= 15 is 0 Å². The standard InChI is InChI=1S/C17H18N2O/c1-11-7-8-14-12(9-11)5-4-6-13(14)10-15-16(20)18-19-17(15,2)3/h4-10,19H,1-3H3,(H,18,20)/b15-10+. The minimum atomic E-state index is -0.357. The van der Waals surface area contributed by atoms with Gasteiger partial charge in [-0.2, -0.15) is 0 Å². The van der Waals surface area contributed by atoms with Crippen molar-refractivity contribution in [1.82, 2.24) is 10.9 Å². The van der Waals surface area contributed by atoms with Crippen LogP contribution in [-0.4, -0.2) is 11.4 Å². The molecule has 0 radical (unpaired) electrons. The van der Waals surface area contributed by atoms with Crippen LogP contribution in [0.5, 0.6) is 0 Å². The third-order valence-corrected chi connectivity index (χ3v) is 3.78. The highest BCUT2D eigenvalue weighted by atomic mass is 16.2. The Bertz CT molecular complexity index is 729. The first-order valence-electron chi connectivity index (χ1n) is 6.76. The lowest BCUT2D eigenvalue weighted by atomic mass is 9.92. The largest absolute Gasteiger partial charge is 0.287 e. The van der Waals surface area contributed by atoms with Crippen molar-refractivity contribution in [2.75, 3.05) is 0 Å². The Morgan fingerprint density at radius 3 is 2.65 bits per heavy atom. The van der Waals surface area contributed by atoms with Gasteiger partial charge in [-0.3, -0.25) is 10.2 Å². The number of carbonyl (C=O) groups excluding carboxylic acids is 1. The van der Waals surface area contributed by atoms with Gasteiger partial charge in [0.05, 0.1) is 5.54 Å². The normalized spacial score (nSPS) is 19.6. The van der Waals surface area contributed by atoms with Gasteiger partial charge in [-0.1, -0.05) is 42.0 Å². The Hall–Kier alpha value is -2.13. The van der Waals surface area contributed by atoms with Crippen LogP contribution in [0.15, 0.2) is 42.0 Å². The fourth-order valence-corrected chi connectivity index (χ4v) is 2.59. The van der Waals surface area contributed by atoms with E-state index in [4.69, 9.17) is 0 Å². The van der Waals surface area contributed by atoms with Gasteiger partial charge in [0.2, 0.25) is 0 Å². The average molecular weight is 266 g/mol. The van der Waals surface area contributed by atoms with E-state index < -0.39 is 0 Å². The second kappa shape index (κ2) is 4.46. The lowest BCUT2D eigenvalue weighted by Crippen LogP contribution is -2.38. The lowest BCUT2D eigenvalue weighted by molar-refractivity contribution is -0.116. The van der Waals surface area contributed by atoms with Crippen LogP contribution in [0.4, 0.5) is 0 Å². The predicted molar refractivity (Wildman–Crippen MR) is 82.0 cm³/mol. The molecule has 0 atom stereocenters. The van der Waals surface area contributed by atoms with E-state index in [1.54, 1.807) is 0 Å². The minimum Gasteiger partial charge on any atom is -0.287 e. The summed E-state index contributed by atoms with van der Waals surface area (Å²) in [4.78, 5) is 11.9. The number of hydrogen-bond acceptors (Lipinski definition) is 2. The zero-order valence-corrected chi connectivity index (χ0v) is 11.9. The van der Waals surface area contributed by atoms with Gasteiger partial charge >= 0.3 is 0 Å². The number of carbonyl (C=O) groups is 1. The first kappa shape index (κ1) is 12.9. The first-order valence-corrected chi connectivity index (χ1v) is 6.76. The van der Waals surface area contributed by atoms with Crippen molar-refractivity contribution in [3.8, 4) is 0 Å². The molecular formula is C17H18N2O. The molecule has 0 bridgehead atoms. The van der Waals surface area contributed by atoms with Gasteiger partial charge in [-0.25, -0.2) is 5.43 Å². The summed E-state index contributed by atoms with van der Waals surface area (Å²) < 4.78 is 0. The molecule has 1 aliphatic rings. The summed E-state index contributed by atoms with van der Waals surface area (Å²) in [7, 11) is 0. The highest BCUT2D eigenvalue weighted by Crippen LogP contribution is 2.27. The molecule has 102 valence electrons. The van der Waals surface area contributed by atoms with Crippen molar-refractivity contribution in [3.63, 3.8) is 0 Å². The minimum absolute atomic E-state index is 0.0564. The molecule has 1 heterocycles. The summed E-state index contributed by atoms with van der Waals surface area (Å²) >= 11 is 0. The lowest BCUT2D eigenvalue weighted by Gasteiger charge is -2.17. The van der Waals surface area contributed by atoms with Crippen LogP contribution in [0, 0.1) is 6.92 Å². The Balaban J connectivity index is 2.18. The average Bonchev–Trinajstić information content (AvgIpc) is 2.65. The van der Waals surface area contributed by atoms with Gasteiger partial charge < -0.3 is 0 Å². The van der Waals surface area contributed by atoms with Gasteiger partial charge in [0.1, 0.15) is 0 Å². The second-order valence-electron chi connectivity index (χ2n) is 5.83. The molecule has 20 heavy (non-hydrogen) atoms. The maximum absolute atomic E-state index is 11.9. The third-order valence-electron chi connectivity index (χ3n) is 3.78. The van der Waals surface area contributed by atoms with Crippen molar-refractivity contribution in [2.24, 2.45) is 0 Å². The van der Waals surface area contributed by atoms with Crippen molar-refractivity contribution in [2.45, 2.75) is 26.3 Å². The quantitative estimate of drug-likeness (QED) is 0.779. The molecule has 0 saturated carbocycles.